The summed E-state index contributed by atoms with van der Waals surface area (Å²) in [7, 11) is 0. The number of benzene rings is 2. The Morgan fingerprint density at radius 2 is 1.79 bits per heavy atom. The second-order valence-corrected chi connectivity index (χ2v) is 3.35. The van der Waals surface area contributed by atoms with Gasteiger partial charge in [-0.15, -0.1) is 5.56 Å². The molecule has 6 heteroatoms. The van der Waals surface area contributed by atoms with Gasteiger partial charge in [0.15, 0.2) is 17.4 Å². The van der Waals surface area contributed by atoms with Crippen LogP contribution in [0.25, 0.3) is 0 Å². The van der Waals surface area contributed by atoms with Crippen molar-refractivity contribution in [1.82, 2.24) is 0 Å². The third-order valence-corrected chi connectivity index (χ3v) is 2.16. The van der Waals surface area contributed by atoms with Gasteiger partial charge in [-0.3, -0.25) is 0 Å². The van der Waals surface area contributed by atoms with Gasteiger partial charge in [-0.1, -0.05) is 0 Å². The molecular weight excluding hydrogens is 374 g/mol. The minimum absolute atomic E-state index is 0.0445. The van der Waals surface area contributed by atoms with Crippen molar-refractivity contribution in [3.05, 3.63) is 65.5 Å². The third-order valence-electron chi connectivity index (χ3n) is 2.16. The first kappa shape index (κ1) is 16.2. The van der Waals surface area contributed by atoms with E-state index in [-0.39, 0.29) is 12.4 Å². The van der Waals surface area contributed by atoms with Crippen LogP contribution in [0.3, 0.4) is 0 Å². The Hall–Kier alpha value is -0.867. The van der Waals surface area contributed by atoms with Gasteiger partial charge < -0.3 is 4.74 Å². The molecule has 0 spiro atoms. The molecule has 0 amide bonds. The van der Waals surface area contributed by atoms with E-state index in [1.54, 1.807) is 24.3 Å². The van der Waals surface area contributed by atoms with Crippen LogP contribution in [-0.4, -0.2) is 0 Å². The SMILES string of the molecule is Fc1ccc(OCc2[c-]cccc2)c(F)c1F.[Zn+][Br]. The molecule has 2 aromatic carbocycles. The van der Waals surface area contributed by atoms with Crippen molar-refractivity contribution in [3.63, 3.8) is 0 Å². The van der Waals surface area contributed by atoms with Crippen LogP contribution in [0.15, 0.2) is 36.4 Å². The summed E-state index contributed by atoms with van der Waals surface area (Å²) in [4.78, 5) is 0. The molecule has 0 fully saturated rings. The molecule has 0 aliphatic rings. The van der Waals surface area contributed by atoms with Gasteiger partial charge in [-0.25, -0.2) is 8.78 Å². The van der Waals surface area contributed by atoms with Crippen molar-refractivity contribution in [1.29, 1.82) is 0 Å². The molecule has 19 heavy (non-hydrogen) atoms. The Bertz CT molecular complexity index is 523. The maximum atomic E-state index is 13.2. The Balaban J connectivity index is 0.000000861. The summed E-state index contributed by atoms with van der Waals surface area (Å²) < 4.78 is 43.8. The molecule has 96 valence electrons. The first-order valence-electron chi connectivity index (χ1n) is 5.17. The molecule has 0 N–H and O–H groups in total. The maximum absolute atomic E-state index is 13.2. The van der Waals surface area contributed by atoms with Gasteiger partial charge in [-0.2, -0.15) is 34.7 Å². The van der Waals surface area contributed by atoms with Gasteiger partial charge >= 0.3 is 30.0 Å². The summed E-state index contributed by atoms with van der Waals surface area (Å²) in [5.74, 6) is -4.40. The zero-order chi connectivity index (χ0) is 14.3. The zero-order valence-electron chi connectivity index (χ0n) is 9.80. The van der Waals surface area contributed by atoms with Crippen molar-refractivity contribution in [2.75, 3.05) is 0 Å². The quantitative estimate of drug-likeness (QED) is 0.436. The van der Waals surface area contributed by atoms with Crippen LogP contribution < -0.4 is 4.74 Å². The molecule has 0 heterocycles. The summed E-state index contributed by atoms with van der Waals surface area (Å²) >= 11 is 4.25. The van der Waals surface area contributed by atoms with E-state index in [0.717, 1.165) is 12.1 Å². The zero-order valence-corrected chi connectivity index (χ0v) is 14.4. The molecule has 0 saturated carbocycles. The first-order chi connectivity index (χ1) is 9.18. The summed E-state index contributed by atoms with van der Waals surface area (Å²) in [6.45, 7) is 0.0445. The molecule has 0 aliphatic heterocycles. The monoisotopic (exact) mass is 380 g/mol. The average Bonchev–Trinajstić information content (AvgIpc) is 2.47. The van der Waals surface area contributed by atoms with Crippen LogP contribution in [0, 0.1) is 23.5 Å². The van der Waals surface area contributed by atoms with Gasteiger partial charge in [0.1, 0.15) is 0 Å². The molecule has 0 unspecified atom stereocenters. The van der Waals surface area contributed by atoms with Crippen molar-refractivity contribution in [3.8, 4) is 5.75 Å². The third kappa shape index (κ3) is 4.62. The Kier molecular flexibility index (Phi) is 7.10. The van der Waals surface area contributed by atoms with E-state index in [1.807, 2.05) is 0 Å². The fraction of sp³-hybridized carbons (Fsp3) is 0.0769. The topological polar surface area (TPSA) is 9.23 Å². The minimum atomic E-state index is -1.53. The van der Waals surface area contributed by atoms with E-state index in [9.17, 15) is 13.2 Å². The molecule has 0 bridgehead atoms. The molecule has 0 atom stereocenters. The van der Waals surface area contributed by atoms with Crippen LogP contribution in [-0.2, 0) is 22.9 Å². The van der Waals surface area contributed by atoms with E-state index in [0.29, 0.717) is 5.56 Å². The number of hydrogen-bond acceptors (Lipinski definition) is 1. The number of halogens is 4. The average molecular weight is 382 g/mol. The van der Waals surface area contributed by atoms with Gasteiger partial charge in [-0.05, 0) is 12.1 Å². The molecule has 2 aromatic rings. The molecular formula is C13H8BrF3OZn. The van der Waals surface area contributed by atoms with E-state index < -0.39 is 17.5 Å². The summed E-state index contributed by atoms with van der Waals surface area (Å²) in [5.41, 5.74) is 0.691. The molecule has 1 nitrogen and oxygen atoms in total. The Labute approximate surface area is 125 Å². The Morgan fingerprint density at radius 3 is 2.42 bits per heavy atom. The summed E-state index contributed by atoms with van der Waals surface area (Å²) in [5, 5.41) is 0. The first-order valence-corrected chi connectivity index (χ1v) is 12.1. The molecule has 0 radical (unpaired) electrons. The predicted octanol–water partition coefficient (Wildman–Crippen LogP) is 4.33. The van der Waals surface area contributed by atoms with Gasteiger partial charge in [0.05, 0.1) is 6.61 Å². The molecule has 2 rings (SSSR count). The van der Waals surface area contributed by atoms with Crippen molar-refractivity contribution in [2.24, 2.45) is 0 Å². The summed E-state index contributed by atoms with van der Waals surface area (Å²) in [6.07, 6.45) is 0. The summed E-state index contributed by atoms with van der Waals surface area (Å²) in [6, 6.07) is 11.7. The molecule has 0 aromatic heterocycles. The number of rotatable bonds is 3. The fourth-order valence-corrected chi connectivity index (χ4v) is 1.30. The van der Waals surface area contributed by atoms with Gasteiger partial charge in [0, 0.05) is 0 Å². The Morgan fingerprint density at radius 1 is 1.05 bits per heavy atom. The van der Waals surface area contributed by atoms with E-state index in [2.05, 4.69) is 19.7 Å². The second kappa shape index (κ2) is 8.33. The van der Waals surface area contributed by atoms with Crippen LogP contribution in [0.5, 0.6) is 5.75 Å². The van der Waals surface area contributed by atoms with Gasteiger partial charge in [0.25, 0.3) is 0 Å². The van der Waals surface area contributed by atoms with Crippen LogP contribution in [0.2, 0.25) is 0 Å². The van der Waals surface area contributed by atoms with Crippen molar-refractivity contribution < 1.29 is 34.3 Å². The van der Waals surface area contributed by atoms with Crippen LogP contribution in [0.1, 0.15) is 5.56 Å². The van der Waals surface area contributed by atoms with E-state index in [4.69, 9.17) is 4.74 Å². The second-order valence-electron chi connectivity index (χ2n) is 3.35. The predicted molar refractivity (Wildman–Crippen MR) is 64.9 cm³/mol. The van der Waals surface area contributed by atoms with Crippen LogP contribution in [0.4, 0.5) is 13.2 Å². The van der Waals surface area contributed by atoms with Crippen molar-refractivity contribution >= 4 is 13.6 Å². The molecule has 0 saturated heterocycles. The molecule has 0 aliphatic carbocycles. The van der Waals surface area contributed by atoms with Crippen molar-refractivity contribution in [2.45, 2.75) is 6.61 Å². The van der Waals surface area contributed by atoms with E-state index >= 15 is 0 Å². The standard InChI is InChI=1S/C13H8F3O.BrH.Zn/c14-10-6-7-11(13(16)12(10)15)17-8-9-4-2-1-3-5-9;;/h1-4,6-7H,8H2;1H;/q-1;;+2/p-1. The fourth-order valence-electron chi connectivity index (χ4n) is 1.30. The van der Waals surface area contributed by atoms with E-state index in [1.165, 1.54) is 16.3 Å². The van der Waals surface area contributed by atoms with Crippen LogP contribution >= 0.6 is 13.6 Å². The number of hydrogen-bond donors (Lipinski definition) is 0. The number of ether oxygens (including phenoxy) is 1. The normalized spacial score (nSPS) is 9.58. The van der Waals surface area contributed by atoms with Gasteiger partial charge in [0.2, 0.25) is 5.82 Å².